The topological polar surface area (TPSA) is 64.6 Å². The van der Waals surface area contributed by atoms with Gasteiger partial charge in [-0.15, -0.1) is 0 Å². The van der Waals surface area contributed by atoms with Crippen molar-refractivity contribution in [3.8, 4) is 5.75 Å². The maximum absolute atomic E-state index is 11.5. The van der Waals surface area contributed by atoms with Crippen LogP contribution in [-0.2, 0) is 14.3 Å². The number of benzene rings is 1. The van der Waals surface area contributed by atoms with Gasteiger partial charge in [-0.1, -0.05) is 12.1 Å². The molecule has 0 saturated carbocycles. The zero-order chi connectivity index (χ0) is 11.5. The van der Waals surface area contributed by atoms with E-state index in [9.17, 15) is 9.59 Å². The fraction of sp³-hybridized carbons (Fsp3) is 0.273. The van der Waals surface area contributed by atoms with Crippen molar-refractivity contribution in [2.45, 2.75) is 13.0 Å². The van der Waals surface area contributed by atoms with E-state index in [1.165, 1.54) is 6.92 Å². The molecule has 1 aliphatic rings. The molecule has 0 saturated heterocycles. The molecular weight excluding hydrogens is 210 g/mol. The largest absolute Gasteiger partial charge is 0.475 e. The second-order valence-corrected chi connectivity index (χ2v) is 3.39. The molecule has 0 fully saturated rings. The Balaban J connectivity index is 2.09. The van der Waals surface area contributed by atoms with E-state index in [1.807, 2.05) is 0 Å². The molecule has 1 heterocycles. The van der Waals surface area contributed by atoms with Crippen LogP contribution in [0.25, 0.3) is 0 Å². The van der Waals surface area contributed by atoms with Crippen LogP contribution in [0.4, 0.5) is 5.69 Å². The summed E-state index contributed by atoms with van der Waals surface area (Å²) in [4.78, 5) is 22.2. The number of hydrogen-bond acceptors (Lipinski definition) is 4. The molecule has 0 aromatic heterocycles. The van der Waals surface area contributed by atoms with Crippen LogP contribution < -0.4 is 10.1 Å². The first-order valence-corrected chi connectivity index (χ1v) is 4.87. The molecule has 1 aromatic rings. The fourth-order valence-electron chi connectivity index (χ4n) is 1.40. The summed E-state index contributed by atoms with van der Waals surface area (Å²) in [5, 5.41) is 2.68. The van der Waals surface area contributed by atoms with E-state index >= 15 is 0 Å². The average molecular weight is 221 g/mol. The number of carbonyl (C=O) groups excluding carboxylic acids is 2. The number of anilines is 1. The van der Waals surface area contributed by atoms with Gasteiger partial charge < -0.3 is 14.8 Å². The van der Waals surface area contributed by atoms with Gasteiger partial charge >= 0.3 is 5.97 Å². The van der Waals surface area contributed by atoms with Gasteiger partial charge in [-0.25, -0.2) is 0 Å². The molecule has 84 valence electrons. The van der Waals surface area contributed by atoms with Crippen LogP contribution >= 0.6 is 0 Å². The van der Waals surface area contributed by atoms with E-state index in [2.05, 4.69) is 5.32 Å². The normalized spacial score (nSPS) is 18.1. The molecular formula is C11H11NO4. The molecule has 5 nitrogen and oxygen atoms in total. The minimum atomic E-state index is -0.779. The second kappa shape index (κ2) is 4.22. The summed E-state index contributed by atoms with van der Waals surface area (Å²) in [5.74, 6) is -0.158. The smallest absolute Gasteiger partial charge is 0.302 e. The summed E-state index contributed by atoms with van der Waals surface area (Å²) >= 11 is 0. The van der Waals surface area contributed by atoms with E-state index in [0.29, 0.717) is 11.4 Å². The minimum absolute atomic E-state index is 0.0739. The highest BCUT2D eigenvalue weighted by atomic mass is 16.6. The molecule has 1 atom stereocenters. The maximum Gasteiger partial charge on any atom is 0.302 e. The number of para-hydroxylation sites is 2. The van der Waals surface area contributed by atoms with Crippen LogP contribution in [0.5, 0.6) is 5.75 Å². The van der Waals surface area contributed by atoms with Gasteiger partial charge in [0.2, 0.25) is 6.10 Å². The summed E-state index contributed by atoms with van der Waals surface area (Å²) in [5.41, 5.74) is 0.631. The van der Waals surface area contributed by atoms with Gasteiger partial charge in [0.1, 0.15) is 12.4 Å². The number of hydrogen-bond donors (Lipinski definition) is 1. The Labute approximate surface area is 92.4 Å². The number of fused-ring (bicyclic) bond motifs is 1. The number of nitrogens with one attached hydrogen (secondary N) is 1. The number of amides is 1. The summed E-state index contributed by atoms with van der Waals surface area (Å²) in [6.07, 6.45) is -0.779. The van der Waals surface area contributed by atoms with E-state index in [1.54, 1.807) is 24.3 Å². The Kier molecular flexibility index (Phi) is 2.76. The molecule has 2 rings (SSSR count). The summed E-state index contributed by atoms with van der Waals surface area (Å²) in [7, 11) is 0. The summed E-state index contributed by atoms with van der Waals surface area (Å²) in [6, 6.07) is 7.10. The van der Waals surface area contributed by atoms with Gasteiger partial charge in [0.05, 0.1) is 5.69 Å². The Morgan fingerprint density at radius 3 is 3.00 bits per heavy atom. The van der Waals surface area contributed by atoms with Gasteiger partial charge in [-0.3, -0.25) is 9.59 Å². The first-order chi connectivity index (χ1) is 7.66. The first-order valence-electron chi connectivity index (χ1n) is 4.87. The molecule has 0 spiro atoms. The molecule has 0 aliphatic carbocycles. The number of carbonyl (C=O) groups is 2. The predicted octanol–water partition coefficient (Wildman–Crippen LogP) is 0.949. The third-order valence-corrected chi connectivity index (χ3v) is 2.14. The Morgan fingerprint density at radius 1 is 1.50 bits per heavy atom. The lowest BCUT2D eigenvalue weighted by molar-refractivity contribution is -0.145. The van der Waals surface area contributed by atoms with Gasteiger partial charge in [-0.05, 0) is 12.1 Å². The lowest BCUT2D eigenvalue weighted by atomic mass is 10.2. The maximum atomic E-state index is 11.5. The third kappa shape index (κ3) is 2.13. The average Bonchev–Trinajstić information content (AvgIpc) is 2.26. The fourth-order valence-corrected chi connectivity index (χ4v) is 1.40. The van der Waals surface area contributed by atoms with E-state index in [-0.39, 0.29) is 12.5 Å². The van der Waals surface area contributed by atoms with E-state index in [4.69, 9.17) is 9.47 Å². The van der Waals surface area contributed by atoms with Crippen LogP contribution in [-0.4, -0.2) is 24.6 Å². The molecule has 0 radical (unpaired) electrons. The van der Waals surface area contributed by atoms with E-state index < -0.39 is 12.1 Å². The quantitative estimate of drug-likeness (QED) is 0.755. The van der Waals surface area contributed by atoms with Crippen LogP contribution in [0.15, 0.2) is 24.3 Å². The SMILES string of the molecule is CC(=O)OCC1Oc2ccccc2NC1=O. The third-order valence-electron chi connectivity index (χ3n) is 2.14. The molecule has 1 unspecified atom stereocenters. The first kappa shape index (κ1) is 10.5. The van der Waals surface area contributed by atoms with Crippen molar-refractivity contribution in [2.75, 3.05) is 11.9 Å². The van der Waals surface area contributed by atoms with Gasteiger partial charge in [0, 0.05) is 6.92 Å². The molecule has 1 aromatic carbocycles. The minimum Gasteiger partial charge on any atom is -0.475 e. The molecule has 16 heavy (non-hydrogen) atoms. The van der Waals surface area contributed by atoms with Crippen molar-refractivity contribution >= 4 is 17.6 Å². The molecule has 1 aliphatic heterocycles. The number of esters is 1. The summed E-state index contributed by atoms with van der Waals surface area (Å²) < 4.78 is 10.1. The predicted molar refractivity (Wildman–Crippen MR) is 56.1 cm³/mol. The van der Waals surface area contributed by atoms with Crippen molar-refractivity contribution in [3.05, 3.63) is 24.3 Å². The standard InChI is InChI=1S/C11H11NO4/c1-7(13)15-6-10-11(14)12-8-4-2-3-5-9(8)16-10/h2-5,10H,6H2,1H3,(H,12,14). The van der Waals surface area contributed by atoms with Gasteiger partial charge in [-0.2, -0.15) is 0 Å². The highest BCUT2D eigenvalue weighted by Crippen LogP contribution is 2.28. The highest BCUT2D eigenvalue weighted by molar-refractivity contribution is 5.97. The van der Waals surface area contributed by atoms with Gasteiger partial charge in [0.15, 0.2) is 0 Å². The molecule has 1 N–H and O–H groups in total. The highest BCUT2D eigenvalue weighted by Gasteiger charge is 2.28. The van der Waals surface area contributed by atoms with Crippen LogP contribution in [0, 0.1) is 0 Å². The van der Waals surface area contributed by atoms with Crippen molar-refractivity contribution < 1.29 is 19.1 Å². The molecule has 1 amide bonds. The molecule has 5 heteroatoms. The van der Waals surface area contributed by atoms with E-state index in [0.717, 1.165) is 0 Å². The van der Waals surface area contributed by atoms with Crippen LogP contribution in [0.2, 0.25) is 0 Å². The Bertz CT molecular complexity index is 430. The van der Waals surface area contributed by atoms with Gasteiger partial charge in [0.25, 0.3) is 5.91 Å². The van der Waals surface area contributed by atoms with Crippen LogP contribution in [0.3, 0.4) is 0 Å². The number of rotatable bonds is 2. The molecule has 0 bridgehead atoms. The Hall–Kier alpha value is -2.04. The second-order valence-electron chi connectivity index (χ2n) is 3.39. The van der Waals surface area contributed by atoms with Crippen molar-refractivity contribution in [3.63, 3.8) is 0 Å². The van der Waals surface area contributed by atoms with Crippen molar-refractivity contribution in [2.24, 2.45) is 0 Å². The van der Waals surface area contributed by atoms with Crippen LogP contribution in [0.1, 0.15) is 6.92 Å². The van der Waals surface area contributed by atoms with Crippen molar-refractivity contribution in [1.29, 1.82) is 0 Å². The summed E-state index contributed by atoms with van der Waals surface area (Å²) in [6.45, 7) is 1.21. The monoisotopic (exact) mass is 221 g/mol. The lowest BCUT2D eigenvalue weighted by Gasteiger charge is -2.25. The zero-order valence-electron chi connectivity index (χ0n) is 8.73. The van der Waals surface area contributed by atoms with Crippen molar-refractivity contribution in [1.82, 2.24) is 0 Å². The zero-order valence-corrected chi connectivity index (χ0v) is 8.73. The Morgan fingerprint density at radius 2 is 2.25 bits per heavy atom. The number of ether oxygens (including phenoxy) is 2. The lowest BCUT2D eigenvalue weighted by Crippen LogP contribution is -2.40.